The van der Waals surface area contributed by atoms with Crippen LogP contribution in [0, 0.1) is 16.7 Å². The van der Waals surface area contributed by atoms with Gasteiger partial charge in [0.1, 0.15) is 0 Å². The number of ether oxygens (including phenoxy) is 2. The first-order chi connectivity index (χ1) is 8.23. The van der Waals surface area contributed by atoms with Crippen molar-refractivity contribution in [2.75, 3.05) is 14.2 Å². The number of hydrogen-bond acceptors (Lipinski definition) is 3. The first-order valence-electron chi connectivity index (χ1n) is 5.85. The smallest absolute Gasteiger partial charge is 0.160 e. The van der Waals surface area contributed by atoms with Crippen molar-refractivity contribution in [3.8, 4) is 17.6 Å². The monoisotopic (exact) mass is 231 g/mol. The molecule has 0 unspecified atom stereocenters. The van der Waals surface area contributed by atoms with Gasteiger partial charge in [-0.3, -0.25) is 0 Å². The molecule has 1 fully saturated rings. The van der Waals surface area contributed by atoms with Gasteiger partial charge in [-0.15, -0.1) is 0 Å². The Labute approximate surface area is 102 Å². The van der Waals surface area contributed by atoms with Gasteiger partial charge in [-0.2, -0.15) is 5.26 Å². The van der Waals surface area contributed by atoms with Crippen LogP contribution in [-0.4, -0.2) is 14.2 Å². The lowest BCUT2D eigenvalue weighted by Crippen LogP contribution is -2.29. The Morgan fingerprint density at radius 3 is 2.41 bits per heavy atom. The van der Waals surface area contributed by atoms with Crippen molar-refractivity contribution in [2.45, 2.75) is 25.7 Å². The molecule has 17 heavy (non-hydrogen) atoms. The first kappa shape index (κ1) is 11.8. The van der Waals surface area contributed by atoms with Crippen molar-refractivity contribution in [3.63, 3.8) is 0 Å². The molecule has 0 N–H and O–H groups in total. The van der Waals surface area contributed by atoms with Crippen molar-refractivity contribution in [1.29, 1.82) is 5.26 Å². The first-order valence-corrected chi connectivity index (χ1v) is 5.85. The summed E-state index contributed by atoms with van der Waals surface area (Å²) in [5, 5.41) is 9.22. The highest BCUT2D eigenvalue weighted by Gasteiger charge is 2.37. The molecule has 0 heterocycles. The molecule has 0 bridgehead atoms. The summed E-state index contributed by atoms with van der Waals surface area (Å²) in [7, 11) is 3.26. The Bertz CT molecular complexity index is 444. The van der Waals surface area contributed by atoms with E-state index in [4.69, 9.17) is 9.47 Å². The highest BCUT2D eigenvalue weighted by atomic mass is 16.5. The zero-order valence-corrected chi connectivity index (χ0v) is 10.3. The molecule has 0 aromatic heterocycles. The van der Waals surface area contributed by atoms with Crippen LogP contribution in [0.15, 0.2) is 18.2 Å². The third-order valence-corrected chi connectivity index (χ3v) is 3.54. The maximum Gasteiger partial charge on any atom is 0.160 e. The fraction of sp³-hybridized carbons (Fsp3) is 0.500. The zero-order valence-electron chi connectivity index (χ0n) is 10.3. The van der Waals surface area contributed by atoms with Gasteiger partial charge in [0.25, 0.3) is 0 Å². The summed E-state index contributed by atoms with van der Waals surface area (Å²) in [6, 6.07) is 8.34. The lowest BCUT2D eigenvalue weighted by molar-refractivity contribution is 0.214. The van der Waals surface area contributed by atoms with Gasteiger partial charge in [0.2, 0.25) is 0 Å². The Balaban J connectivity index is 2.20. The molecule has 0 amide bonds. The Morgan fingerprint density at radius 1 is 1.24 bits per heavy atom. The second-order valence-electron chi connectivity index (χ2n) is 4.61. The van der Waals surface area contributed by atoms with Crippen LogP contribution in [0.3, 0.4) is 0 Å². The maximum atomic E-state index is 9.22. The molecule has 0 saturated heterocycles. The van der Waals surface area contributed by atoms with Gasteiger partial charge < -0.3 is 9.47 Å². The number of hydrogen-bond donors (Lipinski definition) is 0. The van der Waals surface area contributed by atoms with Crippen molar-refractivity contribution in [1.82, 2.24) is 0 Å². The third kappa shape index (κ3) is 2.21. The molecule has 90 valence electrons. The highest BCUT2D eigenvalue weighted by molar-refractivity contribution is 5.43. The Morgan fingerprint density at radius 2 is 1.94 bits per heavy atom. The van der Waals surface area contributed by atoms with E-state index in [2.05, 4.69) is 6.07 Å². The minimum absolute atomic E-state index is 0.139. The van der Waals surface area contributed by atoms with Crippen LogP contribution in [0.5, 0.6) is 11.5 Å². The fourth-order valence-electron chi connectivity index (χ4n) is 2.31. The minimum Gasteiger partial charge on any atom is -0.493 e. The van der Waals surface area contributed by atoms with Crippen molar-refractivity contribution < 1.29 is 9.47 Å². The van der Waals surface area contributed by atoms with Gasteiger partial charge in [-0.25, -0.2) is 0 Å². The summed E-state index contributed by atoms with van der Waals surface area (Å²) in [6.07, 6.45) is 4.00. The van der Waals surface area contributed by atoms with Crippen molar-refractivity contribution in [2.24, 2.45) is 5.41 Å². The van der Waals surface area contributed by atoms with E-state index in [9.17, 15) is 5.26 Å². The maximum absolute atomic E-state index is 9.22. The summed E-state index contributed by atoms with van der Waals surface area (Å²) in [5.41, 5.74) is 1.00. The molecular formula is C14H17NO2. The van der Waals surface area contributed by atoms with Crippen LogP contribution in [0.2, 0.25) is 0 Å². The molecule has 0 spiro atoms. The van der Waals surface area contributed by atoms with E-state index >= 15 is 0 Å². The number of methoxy groups -OCH3 is 2. The van der Waals surface area contributed by atoms with Crippen LogP contribution in [0.4, 0.5) is 0 Å². The summed E-state index contributed by atoms with van der Waals surface area (Å²) in [6.45, 7) is 0. The average molecular weight is 231 g/mol. The van der Waals surface area contributed by atoms with E-state index in [1.54, 1.807) is 14.2 Å². The molecule has 0 aliphatic heterocycles. The van der Waals surface area contributed by atoms with Crippen LogP contribution in [0.1, 0.15) is 24.8 Å². The van der Waals surface area contributed by atoms with E-state index in [0.717, 1.165) is 36.3 Å². The molecule has 1 aliphatic carbocycles. The van der Waals surface area contributed by atoms with Crippen LogP contribution in [0.25, 0.3) is 0 Å². The van der Waals surface area contributed by atoms with Gasteiger partial charge >= 0.3 is 0 Å². The number of rotatable bonds is 4. The van der Waals surface area contributed by atoms with Gasteiger partial charge in [0.15, 0.2) is 11.5 Å². The Kier molecular flexibility index (Phi) is 3.23. The van der Waals surface area contributed by atoms with Gasteiger partial charge in [0.05, 0.1) is 25.7 Å². The van der Waals surface area contributed by atoms with E-state index in [-0.39, 0.29) is 5.41 Å². The SMILES string of the molecule is COc1ccc(CC2(C#N)CCC2)cc1OC. The highest BCUT2D eigenvalue weighted by Crippen LogP contribution is 2.43. The van der Waals surface area contributed by atoms with E-state index in [1.807, 2.05) is 18.2 Å². The molecule has 2 rings (SSSR count). The lowest BCUT2D eigenvalue weighted by atomic mass is 9.66. The number of nitrogens with zero attached hydrogens (tertiary/aromatic N) is 1. The largest absolute Gasteiger partial charge is 0.493 e. The van der Waals surface area contributed by atoms with E-state index in [0.29, 0.717) is 0 Å². The normalized spacial score (nSPS) is 16.8. The van der Waals surface area contributed by atoms with Crippen molar-refractivity contribution in [3.05, 3.63) is 23.8 Å². The van der Waals surface area contributed by atoms with E-state index < -0.39 is 0 Å². The third-order valence-electron chi connectivity index (χ3n) is 3.54. The molecule has 1 aliphatic rings. The summed E-state index contributed by atoms with van der Waals surface area (Å²) in [5.74, 6) is 1.47. The van der Waals surface area contributed by atoms with Crippen LogP contribution >= 0.6 is 0 Å². The molecule has 0 atom stereocenters. The van der Waals surface area contributed by atoms with Crippen molar-refractivity contribution >= 4 is 0 Å². The average Bonchev–Trinajstić information content (AvgIpc) is 2.33. The second kappa shape index (κ2) is 4.67. The van der Waals surface area contributed by atoms with Crippen LogP contribution < -0.4 is 9.47 Å². The topological polar surface area (TPSA) is 42.2 Å². The van der Waals surface area contributed by atoms with Crippen LogP contribution in [-0.2, 0) is 6.42 Å². The molecule has 1 aromatic rings. The Hall–Kier alpha value is -1.69. The summed E-state index contributed by atoms with van der Waals surface area (Å²) in [4.78, 5) is 0. The molecule has 3 heteroatoms. The summed E-state index contributed by atoms with van der Waals surface area (Å²) < 4.78 is 10.5. The molecule has 1 aromatic carbocycles. The number of nitriles is 1. The quantitative estimate of drug-likeness (QED) is 0.800. The molecular weight excluding hydrogens is 214 g/mol. The summed E-state index contributed by atoms with van der Waals surface area (Å²) >= 11 is 0. The van der Waals surface area contributed by atoms with Gasteiger partial charge in [0, 0.05) is 0 Å². The van der Waals surface area contributed by atoms with Gasteiger partial charge in [-0.1, -0.05) is 12.5 Å². The predicted octanol–water partition coefficient (Wildman–Crippen LogP) is 2.94. The molecule has 3 nitrogen and oxygen atoms in total. The molecule has 1 saturated carbocycles. The zero-order chi connectivity index (χ0) is 12.3. The van der Waals surface area contributed by atoms with E-state index in [1.165, 1.54) is 6.42 Å². The minimum atomic E-state index is -0.139. The fourth-order valence-corrected chi connectivity index (χ4v) is 2.31. The number of benzene rings is 1. The standard InChI is InChI=1S/C14H17NO2/c1-16-12-5-4-11(8-13(12)17-2)9-14(10-15)6-3-7-14/h4-5,8H,3,6-7,9H2,1-2H3. The second-order valence-corrected chi connectivity index (χ2v) is 4.61. The van der Waals surface area contributed by atoms with Gasteiger partial charge in [-0.05, 0) is 37.0 Å². The predicted molar refractivity (Wildman–Crippen MR) is 65.1 cm³/mol. The molecule has 0 radical (unpaired) electrons. The lowest BCUT2D eigenvalue weighted by Gasteiger charge is -2.35.